The Hall–Kier alpha value is -2.54. The maximum absolute atomic E-state index is 13.0. The molecule has 3 heterocycles. The van der Waals surface area contributed by atoms with Crippen molar-refractivity contribution in [1.29, 1.82) is 0 Å². The van der Waals surface area contributed by atoms with Gasteiger partial charge in [-0.3, -0.25) is 14.3 Å². The molecule has 1 aliphatic rings. The first-order chi connectivity index (χ1) is 15.5. The smallest absolute Gasteiger partial charge is 0.277 e. The highest BCUT2D eigenvalue weighted by Crippen LogP contribution is 2.32. The Morgan fingerprint density at radius 3 is 2.69 bits per heavy atom. The summed E-state index contributed by atoms with van der Waals surface area (Å²) in [6.45, 7) is 7.35. The number of aromatic nitrogens is 3. The highest BCUT2D eigenvalue weighted by Gasteiger charge is 2.19. The Labute approximate surface area is 196 Å². The van der Waals surface area contributed by atoms with Crippen LogP contribution >= 0.6 is 23.2 Å². The number of aromatic amines is 1. The van der Waals surface area contributed by atoms with E-state index in [2.05, 4.69) is 25.8 Å². The maximum atomic E-state index is 13.0. The summed E-state index contributed by atoms with van der Waals surface area (Å²) in [7, 11) is 0. The van der Waals surface area contributed by atoms with Crippen molar-refractivity contribution in [1.82, 2.24) is 19.4 Å². The molecule has 0 bridgehead atoms. The van der Waals surface area contributed by atoms with Crippen molar-refractivity contribution in [3.05, 3.63) is 68.7 Å². The molecule has 0 atom stereocenters. The van der Waals surface area contributed by atoms with Crippen LogP contribution in [0.5, 0.6) is 0 Å². The molecule has 0 saturated carbocycles. The second kappa shape index (κ2) is 8.77. The first-order valence-electron chi connectivity index (χ1n) is 10.9. The van der Waals surface area contributed by atoms with Crippen LogP contribution in [-0.2, 0) is 6.54 Å². The minimum atomic E-state index is -0.00993. The second-order valence-electron chi connectivity index (χ2n) is 8.40. The van der Waals surface area contributed by atoms with Gasteiger partial charge in [0.25, 0.3) is 5.56 Å². The first kappa shape index (κ1) is 21.3. The number of H-pyrrole nitrogens is 1. The Bertz CT molecular complexity index is 1340. The zero-order chi connectivity index (χ0) is 22.2. The summed E-state index contributed by atoms with van der Waals surface area (Å²) in [5.41, 5.74) is 4.43. The molecule has 0 aliphatic carbocycles. The van der Waals surface area contributed by atoms with Gasteiger partial charge in [0, 0.05) is 43.6 Å². The molecule has 1 fully saturated rings. The predicted octanol–water partition coefficient (Wildman–Crippen LogP) is 4.71. The van der Waals surface area contributed by atoms with Gasteiger partial charge < -0.3 is 9.88 Å². The lowest BCUT2D eigenvalue weighted by Crippen LogP contribution is -2.47. The van der Waals surface area contributed by atoms with E-state index in [0.717, 1.165) is 66.8 Å². The van der Waals surface area contributed by atoms with Crippen molar-refractivity contribution in [2.45, 2.75) is 19.9 Å². The third kappa shape index (κ3) is 3.98. The molecule has 0 amide bonds. The summed E-state index contributed by atoms with van der Waals surface area (Å²) in [5.74, 6) is 0. The van der Waals surface area contributed by atoms with Gasteiger partial charge in [0.2, 0.25) is 0 Å². The van der Waals surface area contributed by atoms with E-state index in [-0.39, 0.29) is 5.56 Å². The molecule has 32 heavy (non-hydrogen) atoms. The van der Waals surface area contributed by atoms with Gasteiger partial charge in [-0.15, -0.1) is 0 Å². The van der Waals surface area contributed by atoms with E-state index in [1.165, 1.54) is 0 Å². The van der Waals surface area contributed by atoms with Gasteiger partial charge in [0.1, 0.15) is 11.0 Å². The van der Waals surface area contributed by atoms with Crippen LogP contribution in [0.1, 0.15) is 12.0 Å². The van der Waals surface area contributed by atoms with E-state index < -0.39 is 0 Å². The van der Waals surface area contributed by atoms with Gasteiger partial charge in [0.15, 0.2) is 0 Å². The summed E-state index contributed by atoms with van der Waals surface area (Å²) in [6.07, 6.45) is 2.57. The number of halogens is 2. The fraction of sp³-hybridized carbons (Fsp3) is 0.333. The summed E-state index contributed by atoms with van der Waals surface area (Å²) >= 11 is 12.5. The molecule has 1 aliphatic heterocycles. The number of hydrogen-bond acceptors (Lipinski definition) is 4. The third-order valence-electron chi connectivity index (χ3n) is 6.25. The predicted molar refractivity (Wildman–Crippen MR) is 132 cm³/mol. The number of nitrogens with zero attached hydrogens (tertiary/aromatic N) is 4. The van der Waals surface area contributed by atoms with Crippen molar-refractivity contribution in [2.75, 3.05) is 37.6 Å². The van der Waals surface area contributed by atoms with Crippen LogP contribution in [0.3, 0.4) is 0 Å². The quantitative estimate of drug-likeness (QED) is 0.459. The summed E-state index contributed by atoms with van der Waals surface area (Å²) in [4.78, 5) is 25.5. The lowest BCUT2D eigenvalue weighted by Gasteiger charge is -2.36. The molecule has 0 unspecified atom stereocenters. The topological polar surface area (TPSA) is 57.2 Å². The summed E-state index contributed by atoms with van der Waals surface area (Å²) in [6, 6.07) is 11.9. The summed E-state index contributed by atoms with van der Waals surface area (Å²) in [5, 5.41) is 2.21. The van der Waals surface area contributed by atoms with Gasteiger partial charge in [-0.05, 0) is 44.2 Å². The van der Waals surface area contributed by atoms with Crippen LogP contribution in [0.15, 0.2) is 47.5 Å². The van der Waals surface area contributed by atoms with E-state index >= 15 is 0 Å². The van der Waals surface area contributed by atoms with Crippen LogP contribution in [0.25, 0.3) is 21.9 Å². The van der Waals surface area contributed by atoms with E-state index in [0.29, 0.717) is 22.1 Å². The number of rotatable bonds is 5. The van der Waals surface area contributed by atoms with Gasteiger partial charge in [-0.1, -0.05) is 40.9 Å². The molecule has 8 heteroatoms. The lowest BCUT2D eigenvalue weighted by molar-refractivity contribution is 0.250. The van der Waals surface area contributed by atoms with E-state index in [9.17, 15) is 4.79 Å². The number of aryl methyl sites for hydroxylation is 2. The average molecular weight is 470 g/mol. The Morgan fingerprint density at radius 2 is 1.88 bits per heavy atom. The minimum Gasteiger partial charge on any atom is -0.368 e. The summed E-state index contributed by atoms with van der Waals surface area (Å²) < 4.78 is 1.71. The van der Waals surface area contributed by atoms with Crippen LogP contribution in [-0.4, -0.2) is 52.2 Å². The van der Waals surface area contributed by atoms with Gasteiger partial charge in [-0.2, -0.15) is 0 Å². The fourth-order valence-corrected chi connectivity index (χ4v) is 4.89. The van der Waals surface area contributed by atoms with Crippen molar-refractivity contribution in [3.63, 3.8) is 0 Å². The third-order valence-corrected chi connectivity index (χ3v) is 7.05. The van der Waals surface area contributed by atoms with Crippen LogP contribution < -0.4 is 10.5 Å². The number of nitrogens with one attached hydrogen (secondary N) is 1. The molecule has 6 nitrogen and oxygen atoms in total. The highest BCUT2D eigenvalue weighted by atomic mass is 35.5. The molecule has 0 spiro atoms. The van der Waals surface area contributed by atoms with Gasteiger partial charge in [-0.25, -0.2) is 4.98 Å². The zero-order valence-corrected chi connectivity index (χ0v) is 19.5. The molecule has 5 rings (SSSR count). The standard InChI is InChI=1S/C24H25Cl2N5O/c1-16-6-7-19-17(14-16)22-23(28-19)24(32)31(15-27-22)9-3-8-29-10-12-30(13-11-29)20-5-2-4-18(25)21(20)26/h2,4-7,14-15,28H,3,8-13H2,1H3. The zero-order valence-electron chi connectivity index (χ0n) is 17.9. The molecular formula is C24H25Cl2N5O. The van der Waals surface area contributed by atoms with Crippen LogP contribution in [0, 0.1) is 6.92 Å². The molecule has 166 valence electrons. The number of fused-ring (bicyclic) bond motifs is 3. The SMILES string of the molecule is Cc1ccc2[nH]c3c(=O)n(CCCN4CCN(c5cccc(Cl)c5Cl)CC4)cnc3c2c1. The second-order valence-corrected chi connectivity index (χ2v) is 9.18. The van der Waals surface area contributed by atoms with E-state index in [4.69, 9.17) is 23.2 Å². The van der Waals surface area contributed by atoms with Crippen molar-refractivity contribution >= 4 is 50.8 Å². The van der Waals surface area contributed by atoms with Crippen LogP contribution in [0.2, 0.25) is 10.0 Å². The van der Waals surface area contributed by atoms with E-state index in [1.807, 2.05) is 37.3 Å². The lowest BCUT2D eigenvalue weighted by atomic mass is 10.2. The number of benzene rings is 2. The minimum absolute atomic E-state index is 0.00993. The van der Waals surface area contributed by atoms with Crippen molar-refractivity contribution in [2.24, 2.45) is 0 Å². The molecule has 2 aromatic carbocycles. The maximum Gasteiger partial charge on any atom is 0.277 e. The van der Waals surface area contributed by atoms with E-state index in [1.54, 1.807) is 10.9 Å². The number of piperazine rings is 1. The van der Waals surface area contributed by atoms with Gasteiger partial charge >= 0.3 is 0 Å². The fourth-order valence-electron chi connectivity index (χ4n) is 4.48. The number of hydrogen-bond donors (Lipinski definition) is 1. The molecule has 2 aromatic heterocycles. The molecule has 0 radical (unpaired) electrons. The monoisotopic (exact) mass is 469 g/mol. The van der Waals surface area contributed by atoms with Crippen LogP contribution in [0.4, 0.5) is 5.69 Å². The highest BCUT2D eigenvalue weighted by molar-refractivity contribution is 6.43. The average Bonchev–Trinajstić information content (AvgIpc) is 3.16. The molecule has 1 N–H and O–H groups in total. The Kier molecular flexibility index (Phi) is 5.84. The van der Waals surface area contributed by atoms with Gasteiger partial charge in [0.05, 0.1) is 22.1 Å². The van der Waals surface area contributed by atoms with Crippen molar-refractivity contribution in [3.8, 4) is 0 Å². The normalized spacial score (nSPS) is 15.2. The number of anilines is 1. The molecule has 1 saturated heterocycles. The largest absolute Gasteiger partial charge is 0.368 e. The molecular weight excluding hydrogens is 445 g/mol. The molecule has 4 aromatic rings. The Morgan fingerprint density at radius 1 is 1.06 bits per heavy atom. The van der Waals surface area contributed by atoms with Crippen molar-refractivity contribution < 1.29 is 0 Å². The Balaban J connectivity index is 1.21. The first-order valence-corrected chi connectivity index (χ1v) is 11.7.